The van der Waals surface area contributed by atoms with Crippen molar-refractivity contribution in [3.8, 4) is 0 Å². The molecule has 0 saturated carbocycles. The van der Waals surface area contributed by atoms with Gasteiger partial charge in [0.15, 0.2) is 0 Å². The van der Waals surface area contributed by atoms with E-state index in [9.17, 15) is 9.00 Å². The van der Waals surface area contributed by atoms with Crippen molar-refractivity contribution in [3.05, 3.63) is 0 Å². The van der Waals surface area contributed by atoms with Gasteiger partial charge in [0.1, 0.15) is 0 Å². The summed E-state index contributed by atoms with van der Waals surface area (Å²) < 4.78 is 15.9. The third-order valence-electron chi connectivity index (χ3n) is 2.21. The maximum absolute atomic E-state index is 11.0. The fraction of sp³-hybridized carbons (Fsp3) is 0.889. The topological polar surface area (TPSA) is 46.6 Å². The van der Waals surface area contributed by atoms with Crippen LogP contribution in [0.15, 0.2) is 0 Å². The molecule has 5 heteroatoms. The van der Waals surface area contributed by atoms with Gasteiger partial charge in [-0.15, -0.1) is 0 Å². The van der Waals surface area contributed by atoms with Crippen LogP contribution in [0.2, 0.25) is 0 Å². The van der Waals surface area contributed by atoms with Crippen LogP contribution in [-0.4, -0.2) is 52.8 Å². The molecule has 14 heavy (non-hydrogen) atoms. The normalized spacial score (nSPS) is 19.5. The Hall–Kier alpha value is -0.420. The largest absolute Gasteiger partial charge is 0.466 e. The van der Waals surface area contributed by atoms with E-state index in [-0.39, 0.29) is 5.97 Å². The Kier molecular flexibility index (Phi) is 5.11. The van der Waals surface area contributed by atoms with Gasteiger partial charge in [-0.25, -0.2) is 0 Å². The molecule has 0 aromatic rings. The lowest BCUT2D eigenvalue weighted by atomic mass is 10.3. The second kappa shape index (κ2) is 6.14. The minimum atomic E-state index is -0.636. The lowest BCUT2D eigenvalue weighted by molar-refractivity contribution is -0.143. The zero-order chi connectivity index (χ0) is 10.4. The molecule has 0 amide bonds. The first-order valence-electron chi connectivity index (χ1n) is 4.95. The van der Waals surface area contributed by atoms with Crippen molar-refractivity contribution in [1.82, 2.24) is 4.90 Å². The second-order valence-electron chi connectivity index (χ2n) is 3.24. The molecule has 1 aliphatic heterocycles. The molecule has 0 spiro atoms. The number of nitrogens with zero attached hydrogens (tertiary/aromatic N) is 1. The van der Waals surface area contributed by atoms with E-state index in [2.05, 4.69) is 4.90 Å². The van der Waals surface area contributed by atoms with Crippen molar-refractivity contribution in [3.63, 3.8) is 0 Å². The molecule has 0 aliphatic carbocycles. The van der Waals surface area contributed by atoms with Gasteiger partial charge in [-0.2, -0.15) is 0 Å². The molecule has 0 atom stereocenters. The number of hydrogen-bond donors (Lipinski definition) is 0. The summed E-state index contributed by atoms with van der Waals surface area (Å²) in [5.41, 5.74) is 0. The highest BCUT2D eigenvalue weighted by molar-refractivity contribution is 7.85. The summed E-state index contributed by atoms with van der Waals surface area (Å²) in [6.45, 7) is 4.67. The summed E-state index contributed by atoms with van der Waals surface area (Å²) in [6, 6.07) is 0. The number of esters is 1. The average molecular weight is 219 g/mol. The Morgan fingerprint density at radius 3 is 2.64 bits per heavy atom. The molecule has 1 heterocycles. The third-order valence-corrected chi connectivity index (χ3v) is 3.48. The quantitative estimate of drug-likeness (QED) is 0.625. The minimum Gasteiger partial charge on any atom is -0.466 e. The summed E-state index contributed by atoms with van der Waals surface area (Å²) in [4.78, 5) is 13.2. The molecule has 0 bridgehead atoms. The number of rotatable bonds is 4. The third kappa shape index (κ3) is 4.19. The molecule has 0 aromatic carbocycles. The molecule has 1 saturated heterocycles. The van der Waals surface area contributed by atoms with E-state index in [1.165, 1.54) is 0 Å². The lowest BCUT2D eigenvalue weighted by Crippen LogP contribution is -2.38. The Bertz CT molecular complexity index is 210. The molecule has 0 N–H and O–H groups in total. The molecule has 1 aliphatic rings. The van der Waals surface area contributed by atoms with E-state index >= 15 is 0 Å². The van der Waals surface area contributed by atoms with E-state index in [0.29, 0.717) is 13.0 Å². The first-order valence-corrected chi connectivity index (χ1v) is 6.44. The molecule has 0 radical (unpaired) electrons. The predicted octanol–water partition coefficient (Wildman–Crippen LogP) is 0.00390. The molecule has 82 valence electrons. The van der Waals surface area contributed by atoms with Crippen LogP contribution < -0.4 is 0 Å². The average Bonchev–Trinajstić information content (AvgIpc) is 2.17. The highest BCUT2D eigenvalue weighted by atomic mass is 32.2. The van der Waals surface area contributed by atoms with Gasteiger partial charge in [-0.05, 0) is 6.92 Å². The Morgan fingerprint density at radius 1 is 1.43 bits per heavy atom. The van der Waals surface area contributed by atoms with Crippen molar-refractivity contribution in [2.75, 3.05) is 37.7 Å². The summed E-state index contributed by atoms with van der Waals surface area (Å²) in [5.74, 6) is 1.34. The summed E-state index contributed by atoms with van der Waals surface area (Å²) >= 11 is 0. The zero-order valence-corrected chi connectivity index (χ0v) is 9.35. The highest BCUT2D eigenvalue weighted by Gasteiger charge is 2.15. The molecule has 4 nitrogen and oxygen atoms in total. The van der Waals surface area contributed by atoms with Crippen LogP contribution in [0, 0.1) is 0 Å². The SMILES string of the molecule is CCOC(=O)CCN1CCS(=O)CC1. The van der Waals surface area contributed by atoms with E-state index < -0.39 is 10.8 Å². The Labute approximate surface area is 87.1 Å². The van der Waals surface area contributed by atoms with Gasteiger partial charge in [0.25, 0.3) is 0 Å². The van der Waals surface area contributed by atoms with Crippen LogP contribution in [0.1, 0.15) is 13.3 Å². The van der Waals surface area contributed by atoms with Crippen LogP contribution in [0.3, 0.4) is 0 Å². The van der Waals surface area contributed by atoms with E-state index in [1.807, 2.05) is 6.92 Å². The predicted molar refractivity (Wildman–Crippen MR) is 55.6 cm³/mol. The van der Waals surface area contributed by atoms with E-state index in [0.717, 1.165) is 31.1 Å². The summed E-state index contributed by atoms with van der Waals surface area (Å²) in [7, 11) is -0.636. The van der Waals surface area contributed by atoms with Crippen molar-refractivity contribution >= 4 is 16.8 Å². The van der Waals surface area contributed by atoms with Crippen LogP contribution >= 0.6 is 0 Å². The van der Waals surface area contributed by atoms with Crippen LogP contribution in [0.25, 0.3) is 0 Å². The molecular weight excluding hydrogens is 202 g/mol. The zero-order valence-electron chi connectivity index (χ0n) is 8.53. The smallest absolute Gasteiger partial charge is 0.307 e. The highest BCUT2D eigenvalue weighted by Crippen LogP contribution is 2.01. The fourth-order valence-electron chi connectivity index (χ4n) is 1.38. The number of ether oxygens (including phenoxy) is 1. The number of hydrogen-bond acceptors (Lipinski definition) is 4. The first kappa shape index (κ1) is 11.7. The number of carbonyl (C=O) groups is 1. The van der Waals surface area contributed by atoms with E-state index in [4.69, 9.17) is 4.74 Å². The molecular formula is C9H17NO3S. The minimum absolute atomic E-state index is 0.140. The maximum atomic E-state index is 11.0. The monoisotopic (exact) mass is 219 g/mol. The van der Waals surface area contributed by atoms with Crippen molar-refractivity contribution in [2.45, 2.75) is 13.3 Å². The van der Waals surface area contributed by atoms with E-state index in [1.54, 1.807) is 0 Å². The van der Waals surface area contributed by atoms with Gasteiger partial charge in [0.2, 0.25) is 0 Å². The molecule has 1 fully saturated rings. The lowest BCUT2D eigenvalue weighted by Gasteiger charge is -2.25. The molecule has 0 aromatic heterocycles. The van der Waals surface area contributed by atoms with Crippen LogP contribution in [0.4, 0.5) is 0 Å². The van der Waals surface area contributed by atoms with Crippen molar-refractivity contribution < 1.29 is 13.7 Å². The van der Waals surface area contributed by atoms with Gasteiger partial charge in [0.05, 0.1) is 13.0 Å². The summed E-state index contributed by atoms with van der Waals surface area (Å²) in [5, 5.41) is 0. The standard InChI is InChI=1S/C9H17NO3S/c1-2-13-9(11)3-4-10-5-7-14(12)8-6-10/h2-8H2,1H3. The molecule has 0 unspecified atom stereocenters. The fourth-order valence-corrected chi connectivity index (χ4v) is 2.51. The summed E-state index contributed by atoms with van der Waals surface area (Å²) in [6.07, 6.45) is 0.445. The van der Waals surface area contributed by atoms with Gasteiger partial charge < -0.3 is 9.64 Å². The molecule has 1 rings (SSSR count). The second-order valence-corrected chi connectivity index (χ2v) is 4.94. The van der Waals surface area contributed by atoms with Crippen molar-refractivity contribution in [2.24, 2.45) is 0 Å². The Balaban J connectivity index is 2.12. The van der Waals surface area contributed by atoms with Crippen molar-refractivity contribution in [1.29, 1.82) is 0 Å². The van der Waals surface area contributed by atoms with Gasteiger partial charge in [0, 0.05) is 41.9 Å². The number of carbonyl (C=O) groups excluding carboxylic acids is 1. The van der Waals surface area contributed by atoms with Gasteiger partial charge in [-0.1, -0.05) is 0 Å². The van der Waals surface area contributed by atoms with Crippen LogP contribution in [0.5, 0.6) is 0 Å². The van der Waals surface area contributed by atoms with Crippen LogP contribution in [-0.2, 0) is 20.3 Å². The Morgan fingerprint density at radius 2 is 2.07 bits per heavy atom. The van der Waals surface area contributed by atoms with Gasteiger partial charge in [-0.3, -0.25) is 9.00 Å². The maximum Gasteiger partial charge on any atom is 0.307 e. The van der Waals surface area contributed by atoms with Gasteiger partial charge >= 0.3 is 5.97 Å². The first-order chi connectivity index (χ1) is 6.72.